The van der Waals surface area contributed by atoms with E-state index in [0.29, 0.717) is 24.0 Å². The van der Waals surface area contributed by atoms with E-state index in [9.17, 15) is 8.42 Å². The molecule has 0 amide bonds. The zero-order chi connectivity index (χ0) is 12.9. The number of nitrogens with one attached hydrogen (secondary N) is 1. The van der Waals surface area contributed by atoms with Crippen LogP contribution in [0.15, 0.2) is 12.1 Å². The Morgan fingerprint density at radius 1 is 1.47 bits per heavy atom. The minimum Gasteiger partial charge on any atom is -0.476 e. The van der Waals surface area contributed by atoms with E-state index in [1.54, 1.807) is 12.1 Å². The monoisotopic (exact) mass is 260 g/mol. The molecule has 7 nitrogen and oxygen atoms in total. The third kappa shape index (κ3) is 4.87. The summed E-state index contributed by atoms with van der Waals surface area (Å²) in [5.41, 5.74) is 6.08. The maximum absolute atomic E-state index is 10.7. The number of primary sulfonamides is 1. The minimum absolute atomic E-state index is 0.164. The van der Waals surface area contributed by atoms with Crippen molar-refractivity contribution in [3.63, 3.8) is 0 Å². The number of aromatic nitrogens is 1. The lowest BCUT2D eigenvalue weighted by Crippen LogP contribution is -2.22. The van der Waals surface area contributed by atoms with E-state index in [0.717, 1.165) is 0 Å². The van der Waals surface area contributed by atoms with Crippen molar-refractivity contribution in [1.82, 2.24) is 4.98 Å². The number of nitrogen functional groups attached to an aromatic ring is 1. The van der Waals surface area contributed by atoms with E-state index >= 15 is 0 Å². The quantitative estimate of drug-likeness (QED) is 0.649. The first-order valence-corrected chi connectivity index (χ1v) is 6.77. The fraction of sp³-hybridized carbons (Fsp3) is 0.444. The number of anilines is 2. The second-order valence-corrected chi connectivity index (χ2v) is 5.05. The van der Waals surface area contributed by atoms with Gasteiger partial charge in [0.2, 0.25) is 15.9 Å². The number of pyridine rings is 1. The predicted molar refractivity (Wildman–Crippen MR) is 66.3 cm³/mol. The molecule has 0 atom stereocenters. The van der Waals surface area contributed by atoms with E-state index in [1.807, 2.05) is 6.92 Å². The Bertz CT molecular complexity index is 475. The summed E-state index contributed by atoms with van der Waals surface area (Å²) in [6, 6.07) is 3.28. The normalized spacial score (nSPS) is 11.2. The molecule has 0 aliphatic heterocycles. The van der Waals surface area contributed by atoms with E-state index in [4.69, 9.17) is 15.6 Å². The Labute approximate surface area is 100 Å². The van der Waals surface area contributed by atoms with Crippen molar-refractivity contribution < 1.29 is 13.2 Å². The Morgan fingerprint density at radius 3 is 2.76 bits per heavy atom. The summed E-state index contributed by atoms with van der Waals surface area (Å²) >= 11 is 0. The van der Waals surface area contributed by atoms with Gasteiger partial charge in [-0.2, -0.15) is 4.98 Å². The maximum Gasteiger partial charge on any atom is 0.239 e. The summed E-state index contributed by atoms with van der Waals surface area (Å²) in [4.78, 5) is 4.09. The van der Waals surface area contributed by atoms with Crippen LogP contribution in [0.4, 0.5) is 11.5 Å². The highest BCUT2D eigenvalue weighted by Crippen LogP contribution is 2.20. The SMILES string of the molecule is CCOc1nc(NCCS(N)(=O)=O)ccc1N. The number of nitrogens with zero attached hydrogens (tertiary/aromatic N) is 1. The van der Waals surface area contributed by atoms with Crippen molar-refractivity contribution in [2.75, 3.05) is 30.0 Å². The van der Waals surface area contributed by atoms with Gasteiger partial charge in [-0.15, -0.1) is 0 Å². The average molecular weight is 260 g/mol. The molecule has 96 valence electrons. The Kier molecular flexibility index (Phi) is 4.53. The Morgan fingerprint density at radius 2 is 2.18 bits per heavy atom. The molecule has 0 aliphatic carbocycles. The van der Waals surface area contributed by atoms with Crippen molar-refractivity contribution in [3.8, 4) is 5.88 Å². The van der Waals surface area contributed by atoms with Crippen LogP contribution < -0.4 is 20.9 Å². The van der Waals surface area contributed by atoms with Crippen LogP contribution in [0.25, 0.3) is 0 Å². The molecule has 0 saturated carbocycles. The molecule has 0 unspecified atom stereocenters. The first-order valence-electron chi connectivity index (χ1n) is 5.06. The second kappa shape index (κ2) is 5.69. The molecule has 0 saturated heterocycles. The van der Waals surface area contributed by atoms with E-state index in [2.05, 4.69) is 10.3 Å². The van der Waals surface area contributed by atoms with Gasteiger partial charge in [0.15, 0.2) is 0 Å². The maximum atomic E-state index is 10.7. The van der Waals surface area contributed by atoms with Gasteiger partial charge in [-0.05, 0) is 19.1 Å². The topological polar surface area (TPSA) is 120 Å². The van der Waals surface area contributed by atoms with Crippen molar-refractivity contribution in [1.29, 1.82) is 0 Å². The zero-order valence-corrected chi connectivity index (χ0v) is 10.3. The van der Waals surface area contributed by atoms with Gasteiger partial charge in [0.05, 0.1) is 18.0 Å². The van der Waals surface area contributed by atoms with E-state index in [1.165, 1.54) is 0 Å². The highest BCUT2D eigenvalue weighted by Gasteiger charge is 2.05. The fourth-order valence-electron chi connectivity index (χ4n) is 1.12. The molecule has 17 heavy (non-hydrogen) atoms. The van der Waals surface area contributed by atoms with Gasteiger partial charge in [0, 0.05) is 6.54 Å². The summed E-state index contributed by atoms with van der Waals surface area (Å²) in [6.45, 7) is 2.46. The first kappa shape index (κ1) is 13.5. The zero-order valence-electron chi connectivity index (χ0n) is 9.51. The minimum atomic E-state index is -3.47. The molecular formula is C9H16N4O3S. The van der Waals surface area contributed by atoms with Gasteiger partial charge >= 0.3 is 0 Å². The Hall–Kier alpha value is -1.54. The van der Waals surface area contributed by atoms with Crippen LogP contribution in [0.1, 0.15) is 6.92 Å². The molecule has 5 N–H and O–H groups in total. The van der Waals surface area contributed by atoms with Crippen LogP contribution >= 0.6 is 0 Å². The van der Waals surface area contributed by atoms with Gasteiger partial charge in [-0.1, -0.05) is 0 Å². The number of rotatable bonds is 6. The first-order chi connectivity index (χ1) is 7.92. The van der Waals surface area contributed by atoms with Gasteiger partial charge in [0.25, 0.3) is 0 Å². The molecule has 0 fully saturated rings. The smallest absolute Gasteiger partial charge is 0.239 e. The van der Waals surface area contributed by atoms with E-state index < -0.39 is 10.0 Å². The van der Waals surface area contributed by atoms with Crippen LogP contribution in [0, 0.1) is 0 Å². The summed E-state index contributed by atoms with van der Waals surface area (Å²) < 4.78 is 26.6. The third-order valence-corrected chi connectivity index (χ3v) is 2.64. The van der Waals surface area contributed by atoms with Gasteiger partial charge in [0.1, 0.15) is 5.82 Å². The molecule has 1 rings (SSSR count). The fourth-order valence-corrected chi connectivity index (χ4v) is 1.51. The molecule has 0 radical (unpaired) electrons. The van der Waals surface area contributed by atoms with Crippen molar-refractivity contribution in [2.45, 2.75) is 6.92 Å². The number of nitrogens with two attached hydrogens (primary N) is 2. The lowest BCUT2D eigenvalue weighted by molar-refractivity contribution is 0.329. The number of ether oxygens (including phenoxy) is 1. The summed E-state index contributed by atoms with van der Waals surface area (Å²) in [6.07, 6.45) is 0. The standard InChI is InChI=1S/C9H16N4O3S/c1-2-16-9-7(10)3-4-8(13-9)12-5-6-17(11,14)15/h3-4H,2,5-6,10H2,1H3,(H,12,13)(H2,11,14,15). The van der Waals surface area contributed by atoms with Gasteiger partial charge in [-0.3, -0.25) is 0 Å². The lowest BCUT2D eigenvalue weighted by Gasteiger charge is -2.09. The average Bonchev–Trinajstić information content (AvgIpc) is 2.21. The largest absolute Gasteiger partial charge is 0.476 e. The highest BCUT2D eigenvalue weighted by molar-refractivity contribution is 7.89. The second-order valence-electron chi connectivity index (χ2n) is 3.32. The van der Waals surface area contributed by atoms with Gasteiger partial charge < -0.3 is 15.8 Å². The van der Waals surface area contributed by atoms with Gasteiger partial charge in [-0.25, -0.2) is 13.6 Å². The molecule has 0 aromatic carbocycles. The molecule has 1 aromatic rings. The predicted octanol–water partition coefficient (Wildman–Crippen LogP) is -0.237. The van der Waals surface area contributed by atoms with Crippen LogP contribution in [0.5, 0.6) is 5.88 Å². The molecule has 1 aromatic heterocycles. The van der Waals surface area contributed by atoms with Crippen molar-refractivity contribution >= 4 is 21.5 Å². The summed E-state index contributed by atoms with van der Waals surface area (Å²) in [5, 5.41) is 7.69. The van der Waals surface area contributed by atoms with Crippen LogP contribution in [0.2, 0.25) is 0 Å². The molecule has 0 spiro atoms. The van der Waals surface area contributed by atoms with Crippen LogP contribution in [0.3, 0.4) is 0 Å². The molecule has 8 heteroatoms. The molecular weight excluding hydrogens is 244 g/mol. The van der Waals surface area contributed by atoms with Crippen LogP contribution in [-0.4, -0.2) is 32.3 Å². The highest BCUT2D eigenvalue weighted by atomic mass is 32.2. The molecule has 0 aliphatic rings. The molecule has 0 bridgehead atoms. The number of sulfonamides is 1. The number of hydrogen-bond donors (Lipinski definition) is 3. The molecule has 1 heterocycles. The summed E-state index contributed by atoms with van der Waals surface area (Å²) in [5.74, 6) is 0.655. The Balaban J connectivity index is 2.63. The van der Waals surface area contributed by atoms with Crippen molar-refractivity contribution in [2.24, 2.45) is 5.14 Å². The number of hydrogen-bond acceptors (Lipinski definition) is 6. The van der Waals surface area contributed by atoms with E-state index in [-0.39, 0.29) is 12.3 Å². The van der Waals surface area contributed by atoms with Crippen LogP contribution in [-0.2, 0) is 10.0 Å². The summed E-state index contributed by atoms with van der Waals surface area (Å²) in [7, 11) is -3.47. The third-order valence-electron chi connectivity index (χ3n) is 1.86. The van der Waals surface area contributed by atoms with Crippen molar-refractivity contribution in [3.05, 3.63) is 12.1 Å². The lowest BCUT2D eigenvalue weighted by atomic mass is 10.4.